The maximum atomic E-state index is 15.6. The average Bonchev–Trinajstić information content (AvgIpc) is 2.76. The second-order valence-corrected chi connectivity index (χ2v) is 8.71. The van der Waals surface area contributed by atoms with Gasteiger partial charge in [-0.25, -0.2) is 26.7 Å². The number of halogens is 5. The summed E-state index contributed by atoms with van der Waals surface area (Å²) in [5, 5.41) is 0. The van der Waals surface area contributed by atoms with Crippen LogP contribution in [0.4, 0.5) is 22.0 Å². The second-order valence-electron chi connectivity index (χ2n) is 8.20. The molecule has 3 rings (SSSR count). The lowest BCUT2D eigenvalue weighted by Crippen LogP contribution is -2.68. The van der Waals surface area contributed by atoms with Gasteiger partial charge in [-0.2, -0.15) is 0 Å². The number of hydrogen-bond acceptors (Lipinski definition) is 4. The lowest BCUT2D eigenvalue weighted by atomic mass is 9.65. The number of carbonyl (C=O) groups is 1. The zero-order valence-corrected chi connectivity index (χ0v) is 18.0. The van der Waals surface area contributed by atoms with Crippen LogP contribution < -0.4 is 4.74 Å². The Morgan fingerprint density at radius 3 is 2.26 bits per heavy atom. The van der Waals surface area contributed by atoms with Crippen LogP contribution in [0.15, 0.2) is 29.2 Å². The zero-order chi connectivity index (χ0) is 22.8. The van der Waals surface area contributed by atoms with Gasteiger partial charge in [0, 0.05) is 11.5 Å². The Labute approximate surface area is 184 Å². The number of carbonyl (C=O) groups excluding carboxylic acids is 1. The molecule has 31 heavy (non-hydrogen) atoms. The summed E-state index contributed by atoms with van der Waals surface area (Å²) < 4.78 is 85.6. The Kier molecular flexibility index (Phi) is 7.56. The predicted molar refractivity (Wildman–Crippen MR) is 108 cm³/mol. The van der Waals surface area contributed by atoms with Crippen LogP contribution in [0.1, 0.15) is 39.0 Å². The highest BCUT2D eigenvalue weighted by Crippen LogP contribution is 2.51. The fourth-order valence-electron chi connectivity index (χ4n) is 4.31. The molecule has 2 aliphatic carbocycles. The monoisotopic (exact) mass is 465 g/mol. The molecule has 0 bridgehead atoms. The Bertz CT molecular complexity index is 758. The molecule has 2 fully saturated rings. The van der Waals surface area contributed by atoms with E-state index in [1.54, 1.807) is 0 Å². The minimum atomic E-state index is -3.75. The van der Waals surface area contributed by atoms with Gasteiger partial charge in [-0.15, -0.1) is 12.6 Å². The normalized spacial score (nSPS) is 38.6. The van der Waals surface area contributed by atoms with Crippen LogP contribution in [0.3, 0.4) is 0 Å². The third kappa shape index (κ3) is 4.72. The van der Waals surface area contributed by atoms with Gasteiger partial charge in [0.2, 0.25) is 5.67 Å². The molecule has 173 valence electrons. The van der Waals surface area contributed by atoms with Crippen LogP contribution >= 0.6 is 12.6 Å². The Morgan fingerprint density at radius 1 is 1.06 bits per heavy atom. The van der Waals surface area contributed by atoms with E-state index < -0.39 is 41.7 Å². The summed E-state index contributed by atoms with van der Waals surface area (Å²) in [7, 11) is 0. The quantitative estimate of drug-likeness (QED) is 0.260. The maximum Gasteiger partial charge on any atom is 0.352 e. The Hall–Kier alpha value is -1.35. The van der Waals surface area contributed by atoms with Gasteiger partial charge < -0.3 is 9.47 Å². The summed E-state index contributed by atoms with van der Waals surface area (Å²) in [6, 6.07) is 5.38. The van der Waals surface area contributed by atoms with Crippen molar-refractivity contribution < 1.29 is 36.2 Å². The van der Waals surface area contributed by atoms with E-state index in [2.05, 4.69) is 12.6 Å². The van der Waals surface area contributed by atoms with Gasteiger partial charge in [-0.3, -0.25) is 0 Å². The number of ether oxygens (including phenoxy) is 2. The van der Waals surface area contributed by atoms with E-state index in [9.17, 15) is 18.0 Å². The number of alkyl halides is 5. The fraction of sp³-hybridized carbons (Fsp3) is 0.636. The summed E-state index contributed by atoms with van der Waals surface area (Å²) in [5.74, 6) is -3.15. The molecule has 1 aromatic carbocycles. The van der Waals surface area contributed by atoms with Crippen LogP contribution in [-0.4, -0.2) is 48.5 Å². The minimum absolute atomic E-state index is 0.0251. The number of thiol groups is 1. The highest BCUT2D eigenvalue weighted by atomic mass is 32.1. The van der Waals surface area contributed by atoms with Crippen molar-refractivity contribution in [3.8, 4) is 5.75 Å². The van der Waals surface area contributed by atoms with E-state index in [-0.39, 0.29) is 31.1 Å². The summed E-state index contributed by atoms with van der Waals surface area (Å²) in [5.41, 5.74) is -7.02. The first-order chi connectivity index (χ1) is 14.6. The first kappa shape index (κ1) is 24.3. The molecule has 0 heterocycles. The molecule has 1 aromatic rings. The first-order valence-corrected chi connectivity index (χ1v) is 10.9. The molecule has 9 heteroatoms. The van der Waals surface area contributed by atoms with E-state index in [0.29, 0.717) is 24.3 Å². The predicted octanol–water partition coefficient (Wildman–Crippen LogP) is 5.51. The standard InChI is InChI=1S/C22H26F5O3S/c1-2-11-29-14-5-3-13(4-6-14)22(27)17(23)12-21(26,18(24)19(22)25)20(28)30-15-7-9-16(31)10-8-15/h7-10,12-14,17-19,31H,2-6,11H2,1H3/t13-,14-,17?,18?,19?,21?,22?. The van der Waals surface area contributed by atoms with Crippen LogP contribution in [0.25, 0.3) is 0 Å². The van der Waals surface area contributed by atoms with Crippen LogP contribution in [0.5, 0.6) is 5.75 Å². The van der Waals surface area contributed by atoms with Gasteiger partial charge in [0.15, 0.2) is 18.0 Å². The summed E-state index contributed by atoms with van der Waals surface area (Å²) in [4.78, 5) is 12.8. The summed E-state index contributed by atoms with van der Waals surface area (Å²) >= 11 is 4.04. The van der Waals surface area contributed by atoms with E-state index in [1.165, 1.54) is 24.3 Å². The summed E-state index contributed by atoms with van der Waals surface area (Å²) in [6.45, 7) is 2.46. The maximum absolute atomic E-state index is 15.6. The number of hydrogen-bond donors (Lipinski definition) is 1. The SMILES string of the molecule is CCCO[C@H]1CC[C@H](C2(F)C(F)[CH]C(F)(C(=O)Oc3ccc(S)cc3)C(F)C2F)CC1. The largest absolute Gasteiger partial charge is 0.424 e. The fourth-order valence-corrected chi connectivity index (χ4v) is 4.46. The number of rotatable bonds is 6. The minimum Gasteiger partial charge on any atom is -0.424 e. The molecule has 5 unspecified atom stereocenters. The van der Waals surface area contributed by atoms with Crippen LogP contribution in [0, 0.1) is 12.3 Å². The van der Waals surface area contributed by atoms with Crippen molar-refractivity contribution >= 4 is 18.6 Å². The highest BCUT2D eigenvalue weighted by molar-refractivity contribution is 7.80. The highest BCUT2D eigenvalue weighted by Gasteiger charge is 2.70. The first-order valence-electron chi connectivity index (χ1n) is 10.4. The van der Waals surface area contributed by atoms with Gasteiger partial charge in [0.25, 0.3) is 0 Å². The van der Waals surface area contributed by atoms with E-state index in [1.807, 2.05) is 6.92 Å². The Balaban J connectivity index is 1.71. The van der Waals surface area contributed by atoms with Crippen LogP contribution in [-0.2, 0) is 9.53 Å². The third-order valence-corrected chi connectivity index (χ3v) is 6.41. The van der Waals surface area contributed by atoms with Gasteiger partial charge in [0.1, 0.15) is 11.9 Å². The smallest absolute Gasteiger partial charge is 0.352 e. The van der Waals surface area contributed by atoms with Crippen molar-refractivity contribution in [1.29, 1.82) is 0 Å². The molecular formula is C22H26F5O3S. The molecule has 2 saturated carbocycles. The van der Waals surface area contributed by atoms with E-state index >= 15 is 8.78 Å². The van der Waals surface area contributed by atoms with Gasteiger partial charge in [-0.05, 0) is 62.3 Å². The van der Waals surface area contributed by atoms with Crippen molar-refractivity contribution in [2.45, 2.75) is 79.9 Å². The van der Waals surface area contributed by atoms with E-state index in [0.717, 1.165) is 6.42 Å². The molecule has 0 aromatic heterocycles. The second kappa shape index (κ2) is 9.65. The molecule has 5 atom stereocenters. The molecule has 0 amide bonds. The molecule has 0 aliphatic heterocycles. The van der Waals surface area contributed by atoms with Crippen molar-refractivity contribution in [1.82, 2.24) is 0 Å². The zero-order valence-electron chi connectivity index (χ0n) is 17.1. The van der Waals surface area contributed by atoms with Crippen molar-refractivity contribution in [3.63, 3.8) is 0 Å². The third-order valence-electron chi connectivity index (χ3n) is 6.11. The molecular weight excluding hydrogens is 439 g/mol. The number of esters is 1. The van der Waals surface area contributed by atoms with Gasteiger partial charge >= 0.3 is 5.97 Å². The van der Waals surface area contributed by atoms with Gasteiger partial charge in [0.05, 0.1) is 12.5 Å². The average molecular weight is 466 g/mol. The number of benzene rings is 1. The molecule has 1 radical (unpaired) electrons. The van der Waals surface area contributed by atoms with Crippen molar-refractivity contribution in [3.05, 3.63) is 30.7 Å². The Morgan fingerprint density at radius 2 is 1.68 bits per heavy atom. The molecule has 0 spiro atoms. The molecule has 0 N–H and O–H groups in total. The molecule has 3 nitrogen and oxygen atoms in total. The topological polar surface area (TPSA) is 35.5 Å². The van der Waals surface area contributed by atoms with E-state index in [4.69, 9.17) is 9.47 Å². The lowest BCUT2D eigenvalue weighted by molar-refractivity contribution is -0.178. The van der Waals surface area contributed by atoms with Crippen molar-refractivity contribution in [2.24, 2.45) is 5.92 Å². The lowest BCUT2D eigenvalue weighted by Gasteiger charge is -2.48. The molecule has 0 saturated heterocycles. The van der Waals surface area contributed by atoms with Crippen molar-refractivity contribution in [2.75, 3.05) is 6.61 Å². The van der Waals surface area contributed by atoms with Gasteiger partial charge in [-0.1, -0.05) is 6.92 Å². The summed E-state index contributed by atoms with van der Waals surface area (Å²) in [6.07, 6.45) is -7.70. The van der Waals surface area contributed by atoms with Crippen LogP contribution in [0.2, 0.25) is 0 Å². The molecule has 2 aliphatic rings.